The number of nitrogens with zero attached hydrogens (tertiary/aromatic N) is 2. The maximum atomic E-state index is 5.65. The number of rotatable bonds is 3. The van der Waals surface area contributed by atoms with Crippen molar-refractivity contribution in [2.45, 2.75) is 44.4 Å². The molecule has 1 aromatic rings. The van der Waals surface area contributed by atoms with E-state index in [-0.39, 0.29) is 6.23 Å². The van der Waals surface area contributed by atoms with Crippen LogP contribution in [-0.2, 0) is 4.84 Å². The average molecular weight is 273 g/mol. The van der Waals surface area contributed by atoms with Crippen molar-refractivity contribution in [2.24, 2.45) is 5.16 Å². The van der Waals surface area contributed by atoms with Crippen LogP contribution in [0.4, 0.5) is 0 Å². The number of oxime groups is 1. The molecule has 0 aromatic heterocycles. The molecule has 4 nitrogen and oxygen atoms in total. The fourth-order valence-electron chi connectivity index (χ4n) is 3.03. The third-order valence-electron chi connectivity index (χ3n) is 4.13. The molecule has 1 N–H and O–H groups in total. The van der Waals surface area contributed by atoms with E-state index in [1.807, 2.05) is 18.2 Å². The summed E-state index contributed by atoms with van der Waals surface area (Å²) >= 11 is 0. The Morgan fingerprint density at radius 1 is 1.15 bits per heavy atom. The van der Waals surface area contributed by atoms with Crippen molar-refractivity contribution < 1.29 is 4.84 Å². The number of nitrogens with one attached hydrogen (secondary N) is 1. The topological polar surface area (TPSA) is 36.9 Å². The summed E-state index contributed by atoms with van der Waals surface area (Å²) in [6, 6.07) is 10.8. The largest absolute Gasteiger partial charge is 0.373 e. The first-order chi connectivity index (χ1) is 9.83. The molecule has 1 fully saturated rings. The Bertz CT molecular complexity index is 454. The average Bonchev–Trinajstić information content (AvgIpc) is 2.49. The zero-order valence-electron chi connectivity index (χ0n) is 12.1. The van der Waals surface area contributed by atoms with Gasteiger partial charge < -0.3 is 9.74 Å². The van der Waals surface area contributed by atoms with Gasteiger partial charge >= 0.3 is 0 Å². The Balaban J connectivity index is 1.61. The maximum Gasteiger partial charge on any atom is 0.196 e. The van der Waals surface area contributed by atoms with Gasteiger partial charge in [0.2, 0.25) is 0 Å². The summed E-state index contributed by atoms with van der Waals surface area (Å²) in [4.78, 5) is 7.82. The second-order valence-electron chi connectivity index (χ2n) is 5.76. The summed E-state index contributed by atoms with van der Waals surface area (Å²) in [5.74, 6) is 0.910. The van der Waals surface area contributed by atoms with Crippen LogP contribution in [0.25, 0.3) is 0 Å². The highest BCUT2D eigenvalue weighted by Gasteiger charge is 2.25. The van der Waals surface area contributed by atoms with Crippen molar-refractivity contribution in [1.29, 1.82) is 0 Å². The zero-order chi connectivity index (χ0) is 13.8. The van der Waals surface area contributed by atoms with E-state index in [0.717, 1.165) is 17.9 Å². The molecule has 1 atom stereocenters. The van der Waals surface area contributed by atoms with Crippen LogP contribution >= 0.6 is 0 Å². The molecule has 3 rings (SSSR count). The van der Waals surface area contributed by atoms with E-state index in [4.69, 9.17) is 4.84 Å². The van der Waals surface area contributed by atoms with Crippen molar-refractivity contribution in [3.8, 4) is 0 Å². The quantitative estimate of drug-likeness (QED) is 0.919. The fraction of sp³-hybridized carbons (Fsp3) is 0.562. The van der Waals surface area contributed by atoms with Crippen LogP contribution in [0.1, 0.15) is 37.7 Å². The van der Waals surface area contributed by atoms with Gasteiger partial charge in [-0.2, -0.15) is 0 Å². The van der Waals surface area contributed by atoms with E-state index < -0.39 is 0 Å². The van der Waals surface area contributed by atoms with Crippen LogP contribution in [0.5, 0.6) is 0 Å². The third-order valence-corrected chi connectivity index (χ3v) is 4.13. The number of likely N-dealkylation sites (N-methyl/N-ethyl adjacent to an activating group) is 1. The van der Waals surface area contributed by atoms with E-state index in [2.05, 4.69) is 34.6 Å². The summed E-state index contributed by atoms with van der Waals surface area (Å²) in [5, 5.41) is 7.90. The van der Waals surface area contributed by atoms with Gasteiger partial charge in [-0.3, -0.25) is 5.32 Å². The van der Waals surface area contributed by atoms with Crippen LogP contribution in [0.3, 0.4) is 0 Å². The molecule has 0 amide bonds. The molecule has 1 aromatic carbocycles. The highest BCUT2D eigenvalue weighted by atomic mass is 16.7. The van der Waals surface area contributed by atoms with Crippen molar-refractivity contribution in [3.05, 3.63) is 35.9 Å². The smallest absolute Gasteiger partial charge is 0.196 e. The van der Waals surface area contributed by atoms with E-state index in [0.29, 0.717) is 6.04 Å². The highest BCUT2D eigenvalue weighted by molar-refractivity contribution is 5.98. The number of benzene rings is 1. The lowest BCUT2D eigenvalue weighted by Crippen LogP contribution is -2.50. The van der Waals surface area contributed by atoms with E-state index in [1.165, 1.54) is 32.1 Å². The first-order valence-corrected chi connectivity index (χ1v) is 7.59. The molecule has 2 aliphatic rings. The van der Waals surface area contributed by atoms with Crippen LogP contribution in [-0.4, -0.2) is 36.6 Å². The Morgan fingerprint density at radius 2 is 1.90 bits per heavy atom. The second-order valence-corrected chi connectivity index (χ2v) is 5.76. The summed E-state index contributed by atoms with van der Waals surface area (Å²) < 4.78 is 0. The van der Waals surface area contributed by atoms with Crippen molar-refractivity contribution in [2.75, 3.05) is 13.6 Å². The van der Waals surface area contributed by atoms with Gasteiger partial charge in [0.15, 0.2) is 12.1 Å². The van der Waals surface area contributed by atoms with Gasteiger partial charge in [0.05, 0.1) is 6.54 Å². The van der Waals surface area contributed by atoms with Crippen molar-refractivity contribution >= 4 is 5.84 Å². The predicted octanol–water partition coefficient (Wildman–Crippen LogP) is 2.56. The molecule has 0 saturated heterocycles. The molecule has 108 valence electrons. The number of hydrogen-bond acceptors (Lipinski definition) is 4. The predicted molar refractivity (Wildman–Crippen MR) is 80.5 cm³/mol. The molecule has 1 heterocycles. The van der Waals surface area contributed by atoms with Gasteiger partial charge in [-0.15, -0.1) is 0 Å². The molecular weight excluding hydrogens is 250 g/mol. The Kier molecular flexibility index (Phi) is 4.21. The molecule has 1 aliphatic heterocycles. The molecule has 1 unspecified atom stereocenters. The molecule has 1 saturated carbocycles. The minimum Gasteiger partial charge on any atom is -0.373 e. The summed E-state index contributed by atoms with van der Waals surface area (Å²) in [7, 11) is 2.07. The molecular formula is C16H23N3O. The lowest BCUT2D eigenvalue weighted by molar-refractivity contribution is -0.00585. The van der Waals surface area contributed by atoms with Gasteiger partial charge in [0.1, 0.15) is 0 Å². The maximum absolute atomic E-state index is 5.65. The first kappa shape index (κ1) is 13.4. The standard InChI is InChI=1S/C16H23N3O/c1-19-12-15(17-14-10-6-3-7-11-14)20-18-16(19)13-8-4-2-5-9-13/h2,4-5,8-9,14-15,17H,3,6-7,10-12H2,1H3. The molecule has 4 heteroatoms. The Labute approximate surface area is 120 Å². The molecule has 20 heavy (non-hydrogen) atoms. The van der Waals surface area contributed by atoms with Gasteiger partial charge in [-0.05, 0) is 12.8 Å². The molecule has 1 aliphatic carbocycles. The molecule has 0 radical (unpaired) electrons. The van der Waals surface area contributed by atoms with Crippen LogP contribution in [0.15, 0.2) is 35.5 Å². The second kappa shape index (κ2) is 6.27. The van der Waals surface area contributed by atoms with E-state index in [1.54, 1.807) is 0 Å². The van der Waals surface area contributed by atoms with E-state index in [9.17, 15) is 0 Å². The van der Waals surface area contributed by atoms with Gasteiger partial charge in [0.25, 0.3) is 0 Å². The van der Waals surface area contributed by atoms with Gasteiger partial charge in [-0.1, -0.05) is 54.8 Å². The highest BCUT2D eigenvalue weighted by Crippen LogP contribution is 2.19. The van der Waals surface area contributed by atoms with Crippen LogP contribution in [0, 0.1) is 0 Å². The minimum absolute atomic E-state index is 0.00978. The molecule has 0 spiro atoms. The van der Waals surface area contributed by atoms with Crippen molar-refractivity contribution in [3.63, 3.8) is 0 Å². The third kappa shape index (κ3) is 3.12. The Hall–Kier alpha value is -1.55. The van der Waals surface area contributed by atoms with Gasteiger partial charge in [-0.25, -0.2) is 0 Å². The lowest BCUT2D eigenvalue weighted by Gasteiger charge is -2.33. The minimum atomic E-state index is 0.00978. The first-order valence-electron chi connectivity index (χ1n) is 7.59. The van der Waals surface area contributed by atoms with Gasteiger partial charge in [0, 0.05) is 18.7 Å². The summed E-state index contributed by atoms with van der Waals surface area (Å²) in [6.45, 7) is 0.838. The number of amidine groups is 1. The summed E-state index contributed by atoms with van der Waals surface area (Å²) in [5.41, 5.74) is 1.10. The van der Waals surface area contributed by atoms with Crippen molar-refractivity contribution in [1.82, 2.24) is 10.2 Å². The molecule has 0 bridgehead atoms. The van der Waals surface area contributed by atoms with Crippen LogP contribution < -0.4 is 5.32 Å². The van der Waals surface area contributed by atoms with Crippen LogP contribution in [0.2, 0.25) is 0 Å². The van der Waals surface area contributed by atoms with E-state index >= 15 is 0 Å². The monoisotopic (exact) mass is 273 g/mol. The SMILES string of the molecule is CN1CC(NC2CCCCC2)ON=C1c1ccccc1. The zero-order valence-corrected chi connectivity index (χ0v) is 12.1. The lowest BCUT2D eigenvalue weighted by atomic mass is 9.95. The number of hydrogen-bond donors (Lipinski definition) is 1. The summed E-state index contributed by atoms with van der Waals surface area (Å²) in [6.07, 6.45) is 6.57. The normalized spacial score (nSPS) is 24.1. The Morgan fingerprint density at radius 3 is 2.60 bits per heavy atom. The fourth-order valence-corrected chi connectivity index (χ4v) is 3.03.